The van der Waals surface area contributed by atoms with Gasteiger partial charge < -0.3 is 0 Å². The molecule has 74 valence electrons. The number of carbonyl (C=O) groups excluding carboxylic acids is 1. The second-order valence-corrected chi connectivity index (χ2v) is 3.45. The van der Waals surface area contributed by atoms with Gasteiger partial charge in [-0.25, -0.2) is 0 Å². The Morgan fingerprint density at radius 1 is 1.36 bits per heavy atom. The van der Waals surface area contributed by atoms with Gasteiger partial charge in [-0.1, -0.05) is 30.3 Å². The maximum Gasteiger partial charge on any atom is 0.695 e. The molecular formula is C9H10O4P+. The Balaban J connectivity index is 2.38. The minimum Gasteiger partial charge on any atom is -0.297 e. The zero-order chi connectivity index (χ0) is 10.4. The molecule has 0 amide bonds. The van der Waals surface area contributed by atoms with Crippen LogP contribution in [-0.4, -0.2) is 17.3 Å². The molecule has 4 nitrogen and oxygen atoms in total. The number of hydrogen-bond acceptors (Lipinski definition) is 3. The van der Waals surface area contributed by atoms with Crippen molar-refractivity contribution in [3.8, 4) is 0 Å². The first-order chi connectivity index (χ1) is 6.68. The highest BCUT2D eigenvalue weighted by Crippen LogP contribution is 2.14. The number of benzene rings is 1. The van der Waals surface area contributed by atoms with Crippen LogP contribution in [0.2, 0.25) is 0 Å². The van der Waals surface area contributed by atoms with Crippen molar-refractivity contribution in [2.45, 2.75) is 6.42 Å². The summed E-state index contributed by atoms with van der Waals surface area (Å²) in [5.41, 5.74) is 0.870. The monoisotopic (exact) mass is 213 g/mol. The fourth-order valence-electron chi connectivity index (χ4n) is 1.00. The highest BCUT2D eigenvalue weighted by Gasteiger charge is 2.15. The fraction of sp³-hybridized carbons (Fsp3) is 0.222. The molecule has 0 saturated carbocycles. The van der Waals surface area contributed by atoms with Crippen molar-refractivity contribution in [3.63, 3.8) is 0 Å². The van der Waals surface area contributed by atoms with Crippen LogP contribution in [0.5, 0.6) is 0 Å². The molecule has 0 aromatic heterocycles. The molecule has 0 saturated heterocycles. The Bertz CT molecular complexity index is 323. The van der Waals surface area contributed by atoms with Gasteiger partial charge in [0.05, 0.1) is 0 Å². The molecule has 0 aliphatic carbocycles. The van der Waals surface area contributed by atoms with E-state index in [1.54, 1.807) is 0 Å². The van der Waals surface area contributed by atoms with Gasteiger partial charge in [-0.15, -0.1) is 9.42 Å². The number of rotatable bonds is 5. The van der Waals surface area contributed by atoms with E-state index in [1.165, 1.54) is 0 Å². The van der Waals surface area contributed by atoms with Gasteiger partial charge in [0.2, 0.25) is 0 Å². The highest BCUT2D eigenvalue weighted by molar-refractivity contribution is 7.32. The number of ketones is 1. The summed E-state index contributed by atoms with van der Waals surface area (Å²) in [5.74, 6) is -0.214. The van der Waals surface area contributed by atoms with E-state index in [9.17, 15) is 9.36 Å². The first kappa shape index (κ1) is 11.0. The van der Waals surface area contributed by atoms with Gasteiger partial charge in [-0.3, -0.25) is 4.79 Å². The molecular weight excluding hydrogens is 203 g/mol. The summed E-state index contributed by atoms with van der Waals surface area (Å²) in [6.45, 7) is -0.319. The normalized spacial score (nSPS) is 11.1. The summed E-state index contributed by atoms with van der Waals surface area (Å²) in [7, 11) is -2.68. The minimum atomic E-state index is -2.68. The van der Waals surface area contributed by atoms with Gasteiger partial charge in [0.1, 0.15) is 0 Å². The van der Waals surface area contributed by atoms with Crippen molar-refractivity contribution in [1.82, 2.24) is 0 Å². The maximum atomic E-state index is 11.2. The molecule has 14 heavy (non-hydrogen) atoms. The molecule has 0 bridgehead atoms. The lowest BCUT2D eigenvalue weighted by Gasteiger charge is -1.96. The highest BCUT2D eigenvalue weighted by atomic mass is 31.1. The Kier molecular flexibility index (Phi) is 4.40. The van der Waals surface area contributed by atoms with Crippen LogP contribution < -0.4 is 0 Å². The average molecular weight is 213 g/mol. The maximum absolute atomic E-state index is 11.2. The molecule has 1 unspecified atom stereocenters. The van der Waals surface area contributed by atoms with Crippen LogP contribution >= 0.6 is 8.25 Å². The number of hydrogen-bond donors (Lipinski definition) is 1. The zero-order valence-corrected chi connectivity index (χ0v) is 8.31. The van der Waals surface area contributed by atoms with Crippen LogP contribution in [-0.2, 0) is 20.3 Å². The van der Waals surface area contributed by atoms with Gasteiger partial charge in [-0.05, 0) is 5.56 Å². The first-order valence-electron chi connectivity index (χ1n) is 4.03. The zero-order valence-electron chi connectivity index (χ0n) is 7.42. The summed E-state index contributed by atoms with van der Waals surface area (Å²) in [6.07, 6.45) is 0.226. The SMILES string of the molecule is O=C(CO[P+](=O)O)Cc1ccccc1. The van der Waals surface area contributed by atoms with Crippen LogP contribution in [0.25, 0.3) is 0 Å². The van der Waals surface area contributed by atoms with E-state index < -0.39 is 8.25 Å². The van der Waals surface area contributed by atoms with Crippen molar-refractivity contribution < 1.29 is 18.8 Å². The molecule has 1 aromatic rings. The largest absolute Gasteiger partial charge is 0.695 e. The molecule has 0 aliphatic heterocycles. The molecule has 0 heterocycles. The van der Waals surface area contributed by atoms with Crippen LogP contribution in [0.15, 0.2) is 30.3 Å². The minimum absolute atomic E-state index is 0.214. The molecule has 0 aliphatic rings. The molecule has 0 radical (unpaired) electrons. The summed E-state index contributed by atoms with van der Waals surface area (Å²) in [4.78, 5) is 19.5. The average Bonchev–Trinajstić information content (AvgIpc) is 2.16. The van der Waals surface area contributed by atoms with Crippen molar-refractivity contribution in [2.24, 2.45) is 0 Å². The van der Waals surface area contributed by atoms with E-state index in [1.807, 2.05) is 30.3 Å². The molecule has 1 atom stereocenters. The third-order valence-electron chi connectivity index (χ3n) is 1.58. The van der Waals surface area contributed by atoms with Crippen LogP contribution in [0, 0.1) is 0 Å². The lowest BCUT2D eigenvalue weighted by molar-refractivity contribution is -0.120. The van der Waals surface area contributed by atoms with Crippen LogP contribution in [0.4, 0.5) is 0 Å². The predicted octanol–water partition coefficient (Wildman–Crippen LogP) is 1.46. The van der Waals surface area contributed by atoms with E-state index in [0.717, 1.165) is 5.56 Å². The van der Waals surface area contributed by atoms with Crippen LogP contribution in [0.1, 0.15) is 5.56 Å². The molecule has 1 N–H and O–H groups in total. The van der Waals surface area contributed by atoms with Gasteiger partial charge in [0, 0.05) is 11.0 Å². The Labute approximate surface area is 82.5 Å². The molecule has 1 rings (SSSR count). The Morgan fingerprint density at radius 2 is 2.00 bits per heavy atom. The van der Waals surface area contributed by atoms with Gasteiger partial charge in [0.25, 0.3) is 0 Å². The number of Topliss-reactive ketones (excluding diaryl/α,β-unsaturated/α-hetero) is 1. The third-order valence-corrected chi connectivity index (χ3v) is 1.93. The van der Waals surface area contributed by atoms with Gasteiger partial charge in [-0.2, -0.15) is 0 Å². The lowest BCUT2D eigenvalue weighted by Crippen LogP contribution is -2.08. The van der Waals surface area contributed by atoms with Crippen LogP contribution in [0.3, 0.4) is 0 Å². The van der Waals surface area contributed by atoms with Crippen molar-refractivity contribution in [2.75, 3.05) is 6.61 Å². The summed E-state index contributed by atoms with van der Waals surface area (Å²) < 4.78 is 14.4. The van der Waals surface area contributed by atoms with Crippen molar-refractivity contribution in [1.29, 1.82) is 0 Å². The standard InChI is InChI=1S/C9H9O4P/c10-9(7-13-14(11)12)6-8-4-2-1-3-5-8/h1-5H,6-7H2/p+1. The third kappa shape index (κ3) is 4.23. The smallest absolute Gasteiger partial charge is 0.297 e. The topological polar surface area (TPSA) is 63.6 Å². The fourth-order valence-corrected chi connectivity index (χ4v) is 1.26. The van der Waals surface area contributed by atoms with Gasteiger partial charge >= 0.3 is 8.25 Å². The van der Waals surface area contributed by atoms with Crippen molar-refractivity contribution >= 4 is 14.0 Å². The molecule has 5 heteroatoms. The van der Waals surface area contributed by atoms with E-state index in [2.05, 4.69) is 4.52 Å². The summed E-state index contributed by atoms with van der Waals surface area (Å²) in [6, 6.07) is 9.15. The second kappa shape index (κ2) is 5.60. The van der Waals surface area contributed by atoms with E-state index >= 15 is 0 Å². The van der Waals surface area contributed by atoms with E-state index in [4.69, 9.17) is 4.89 Å². The van der Waals surface area contributed by atoms with E-state index in [-0.39, 0.29) is 18.8 Å². The summed E-state index contributed by atoms with van der Waals surface area (Å²) in [5, 5.41) is 0. The van der Waals surface area contributed by atoms with Gasteiger partial charge in [0.15, 0.2) is 12.4 Å². The first-order valence-corrected chi connectivity index (χ1v) is 5.16. The second-order valence-electron chi connectivity index (χ2n) is 2.71. The Morgan fingerprint density at radius 3 is 2.57 bits per heavy atom. The van der Waals surface area contributed by atoms with Crippen molar-refractivity contribution in [3.05, 3.63) is 35.9 Å². The molecule has 0 fully saturated rings. The Hall–Kier alpha value is -1.09. The molecule has 0 spiro atoms. The number of carbonyl (C=O) groups is 1. The lowest BCUT2D eigenvalue weighted by atomic mass is 10.1. The predicted molar refractivity (Wildman–Crippen MR) is 50.9 cm³/mol. The molecule has 1 aromatic carbocycles. The quantitative estimate of drug-likeness (QED) is 0.752. The van der Waals surface area contributed by atoms with E-state index in [0.29, 0.717) is 0 Å². The summed E-state index contributed by atoms with van der Waals surface area (Å²) >= 11 is 0.